The Kier molecular flexibility index (Phi) is 7.36. The summed E-state index contributed by atoms with van der Waals surface area (Å²) in [5, 5.41) is 11.7. The first-order chi connectivity index (χ1) is 9.56. The molecule has 0 bridgehead atoms. The molecule has 0 aromatic carbocycles. The Morgan fingerprint density at radius 3 is 2.30 bits per heavy atom. The Balaban J connectivity index is 2.39. The van der Waals surface area contributed by atoms with E-state index in [9.17, 15) is 9.59 Å². The lowest BCUT2D eigenvalue weighted by atomic mass is 10.1. The van der Waals surface area contributed by atoms with Crippen LogP contribution >= 0.6 is 0 Å². The second-order valence-electron chi connectivity index (χ2n) is 5.36. The third-order valence-electron chi connectivity index (χ3n) is 3.59. The van der Waals surface area contributed by atoms with E-state index in [1.54, 1.807) is 4.90 Å². The maximum Gasteiger partial charge on any atom is 0.317 e. The van der Waals surface area contributed by atoms with Crippen LogP contribution in [0.25, 0.3) is 0 Å². The molecule has 6 nitrogen and oxygen atoms in total. The van der Waals surface area contributed by atoms with E-state index in [1.165, 1.54) is 0 Å². The number of rotatable bonds is 7. The average molecular weight is 285 g/mol. The Bertz CT molecular complexity index is 315. The van der Waals surface area contributed by atoms with E-state index in [4.69, 9.17) is 5.11 Å². The molecule has 0 aliphatic carbocycles. The van der Waals surface area contributed by atoms with Crippen LogP contribution in [0.15, 0.2) is 0 Å². The summed E-state index contributed by atoms with van der Waals surface area (Å²) in [4.78, 5) is 27.1. The fourth-order valence-electron chi connectivity index (χ4n) is 2.54. The summed E-state index contributed by atoms with van der Waals surface area (Å²) in [6, 6.07) is -0.389. The molecule has 1 aliphatic heterocycles. The summed E-state index contributed by atoms with van der Waals surface area (Å²) in [7, 11) is 0. The molecule has 6 heteroatoms. The zero-order valence-corrected chi connectivity index (χ0v) is 12.6. The summed E-state index contributed by atoms with van der Waals surface area (Å²) in [6.45, 7) is 8.46. The minimum absolute atomic E-state index is 0.00458. The van der Waals surface area contributed by atoms with Gasteiger partial charge < -0.3 is 15.3 Å². The van der Waals surface area contributed by atoms with Crippen LogP contribution in [0.3, 0.4) is 0 Å². The molecule has 0 aromatic heterocycles. The highest BCUT2D eigenvalue weighted by Crippen LogP contribution is 2.06. The van der Waals surface area contributed by atoms with Crippen molar-refractivity contribution < 1.29 is 14.7 Å². The summed E-state index contributed by atoms with van der Waals surface area (Å²) < 4.78 is 0. The molecule has 1 atom stereocenters. The SMILES string of the molecule is CCCC(CC(=O)O)NC(=O)N1CCN(CCC)CC1. The Morgan fingerprint density at radius 2 is 1.80 bits per heavy atom. The van der Waals surface area contributed by atoms with Gasteiger partial charge in [-0.15, -0.1) is 0 Å². The van der Waals surface area contributed by atoms with Gasteiger partial charge >= 0.3 is 12.0 Å². The molecule has 2 N–H and O–H groups in total. The van der Waals surface area contributed by atoms with E-state index >= 15 is 0 Å². The van der Waals surface area contributed by atoms with Gasteiger partial charge in [-0.05, 0) is 19.4 Å². The smallest absolute Gasteiger partial charge is 0.317 e. The van der Waals surface area contributed by atoms with Crippen LogP contribution in [0.4, 0.5) is 4.79 Å². The number of amides is 2. The second-order valence-corrected chi connectivity index (χ2v) is 5.36. The highest BCUT2D eigenvalue weighted by Gasteiger charge is 2.23. The largest absolute Gasteiger partial charge is 0.481 e. The molecular weight excluding hydrogens is 258 g/mol. The number of aliphatic carboxylic acids is 1. The number of nitrogens with zero attached hydrogens (tertiary/aromatic N) is 2. The fourth-order valence-corrected chi connectivity index (χ4v) is 2.54. The molecule has 0 aromatic rings. The van der Waals surface area contributed by atoms with Gasteiger partial charge in [0.05, 0.1) is 6.42 Å². The standard InChI is InChI=1S/C14H27N3O3/c1-3-5-12(11-13(18)19)15-14(20)17-9-7-16(6-4-2)8-10-17/h12H,3-11H2,1-2H3,(H,15,20)(H,18,19). The molecule has 0 saturated carbocycles. The molecular formula is C14H27N3O3. The van der Waals surface area contributed by atoms with Crippen molar-refractivity contribution in [2.24, 2.45) is 0 Å². The first-order valence-corrected chi connectivity index (χ1v) is 7.56. The molecule has 1 aliphatic rings. The maximum atomic E-state index is 12.1. The summed E-state index contributed by atoms with van der Waals surface area (Å²) >= 11 is 0. The lowest BCUT2D eigenvalue weighted by Gasteiger charge is -2.35. The topological polar surface area (TPSA) is 72.9 Å². The number of urea groups is 1. The third kappa shape index (κ3) is 5.77. The number of piperazine rings is 1. The van der Waals surface area contributed by atoms with E-state index in [-0.39, 0.29) is 18.5 Å². The lowest BCUT2D eigenvalue weighted by molar-refractivity contribution is -0.137. The van der Waals surface area contributed by atoms with Crippen molar-refractivity contribution >= 4 is 12.0 Å². The van der Waals surface area contributed by atoms with Crippen LogP contribution in [0, 0.1) is 0 Å². The maximum absolute atomic E-state index is 12.1. The number of hydrogen-bond donors (Lipinski definition) is 2. The molecule has 1 rings (SSSR count). The van der Waals surface area contributed by atoms with Crippen molar-refractivity contribution in [1.82, 2.24) is 15.1 Å². The van der Waals surface area contributed by atoms with E-state index in [2.05, 4.69) is 17.1 Å². The van der Waals surface area contributed by atoms with Gasteiger partial charge in [-0.1, -0.05) is 20.3 Å². The summed E-state index contributed by atoms with van der Waals surface area (Å²) in [5.74, 6) is -0.864. The van der Waals surface area contributed by atoms with Crippen LogP contribution in [-0.2, 0) is 4.79 Å². The number of nitrogens with one attached hydrogen (secondary N) is 1. The zero-order valence-electron chi connectivity index (χ0n) is 12.6. The van der Waals surface area contributed by atoms with Crippen LogP contribution in [-0.4, -0.2) is 65.7 Å². The Labute approximate surface area is 121 Å². The summed E-state index contributed by atoms with van der Waals surface area (Å²) in [6.07, 6.45) is 2.69. The lowest BCUT2D eigenvalue weighted by Crippen LogP contribution is -2.53. The fraction of sp³-hybridized carbons (Fsp3) is 0.857. The van der Waals surface area contributed by atoms with Crippen LogP contribution < -0.4 is 5.32 Å². The average Bonchev–Trinajstić information content (AvgIpc) is 2.39. The Hall–Kier alpha value is -1.30. The van der Waals surface area contributed by atoms with Crippen molar-refractivity contribution in [3.8, 4) is 0 Å². The molecule has 0 radical (unpaired) electrons. The van der Waals surface area contributed by atoms with Crippen LogP contribution in [0.5, 0.6) is 0 Å². The highest BCUT2D eigenvalue weighted by atomic mass is 16.4. The molecule has 1 fully saturated rings. The van der Waals surface area contributed by atoms with Gasteiger partial charge in [0, 0.05) is 32.2 Å². The van der Waals surface area contributed by atoms with E-state index in [0.29, 0.717) is 6.42 Å². The number of hydrogen-bond acceptors (Lipinski definition) is 3. The number of carbonyl (C=O) groups excluding carboxylic acids is 1. The van der Waals surface area contributed by atoms with E-state index < -0.39 is 5.97 Å². The van der Waals surface area contributed by atoms with Gasteiger partial charge in [0.15, 0.2) is 0 Å². The second kappa shape index (κ2) is 8.79. The van der Waals surface area contributed by atoms with Gasteiger partial charge in [-0.25, -0.2) is 4.79 Å². The zero-order chi connectivity index (χ0) is 15.0. The van der Waals surface area contributed by atoms with Crippen molar-refractivity contribution in [3.63, 3.8) is 0 Å². The van der Waals surface area contributed by atoms with Gasteiger partial charge in [-0.2, -0.15) is 0 Å². The van der Waals surface area contributed by atoms with Crippen molar-refractivity contribution in [3.05, 3.63) is 0 Å². The van der Waals surface area contributed by atoms with Crippen molar-refractivity contribution in [2.45, 2.75) is 45.6 Å². The number of carbonyl (C=O) groups is 2. The molecule has 1 saturated heterocycles. The van der Waals surface area contributed by atoms with Crippen molar-refractivity contribution in [1.29, 1.82) is 0 Å². The summed E-state index contributed by atoms with van der Waals surface area (Å²) in [5.41, 5.74) is 0. The molecule has 1 heterocycles. The molecule has 116 valence electrons. The van der Waals surface area contributed by atoms with Crippen molar-refractivity contribution in [2.75, 3.05) is 32.7 Å². The number of carboxylic acid groups (broad SMARTS) is 1. The number of carboxylic acids is 1. The van der Waals surface area contributed by atoms with Gasteiger partial charge in [-0.3, -0.25) is 9.69 Å². The quantitative estimate of drug-likeness (QED) is 0.741. The van der Waals surface area contributed by atoms with Crippen LogP contribution in [0.1, 0.15) is 39.5 Å². The normalized spacial score (nSPS) is 17.8. The van der Waals surface area contributed by atoms with E-state index in [0.717, 1.165) is 45.6 Å². The third-order valence-corrected chi connectivity index (χ3v) is 3.59. The predicted molar refractivity (Wildman–Crippen MR) is 77.8 cm³/mol. The van der Waals surface area contributed by atoms with Gasteiger partial charge in [0.2, 0.25) is 0 Å². The minimum atomic E-state index is -0.864. The van der Waals surface area contributed by atoms with Gasteiger partial charge in [0.25, 0.3) is 0 Å². The molecule has 2 amide bonds. The first kappa shape index (κ1) is 16.8. The minimum Gasteiger partial charge on any atom is -0.481 e. The monoisotopic (exact) mass is 285 g/mol. The van der Waals surface area contributed by atoms with Crippen LogP contribution in [0.2, 0.25) is 0 Å². The Morgan fingerprint density at radius 1 is 1.15 bits per heavy atom. The molecule has 0 spiro atoms. The molecule has 1 unspecified atom stereocenters. The first-order valence-electron chi connectivity index (χ1n) is 7.56. The predicted octanol–water partition coefficient (Wildman–Crippen LogP) is 1.37. The van der Waals surface area contributed by atoms with Gasteiger partial charge in [0.1, 0.15) is 0 Å². The molecule has 20 heavy (non-hydrogen) atoms. The van der Waals surface area contributed by atoms with E-state index in [1.807, 2.05) is 6.92 Å². The highest BCUT2D eigenvalue weighted by molar-refractivity contribution is 5.76.